The lowest BCUT2D eigenvalue weighted by atomic mass is 9.93. The molecule has 6 heteroatoms. The minimum Gasteiger partial charge on any atom is -0.491 e. The molecular formula is C16H23FN2O3. The van der Waals surface area contributed by atoms with Crippen molar-refractivity contribution in [3.8, 4) is 5.75 Å². The number of nitrogens with zero attached hydrogens (tertiary/aromatic N) is 1. The molecular weight excluding hydrogens is 287 g/mol. The fourth-order valence-electron chi connectivity index (χ4n) is 2.71. The van der Waals surface area contributed by atoms with Crippen LogP contribution in [0.4, 0.5) is 4.39 Å². The second-order valence-corrected chi connectivity index (χ2v) is 5.90. The number of rotatable bonds is 6. The summed E-state index contributed by atoms with van der Waals surface area (Å²) in [5.74, 6) is -0.245. The van der Waals surface area contributed by atoms with Gasteiger partial charge in [0, 0.05) is 19.1 Å². The van der Waals surface area contributed by atoms with Crippen LogP contribution in [0.25, 0.3) is 0 Å². The summed E-state index contributed by atoms with van der Waals surface area (Å²) in [6, 6.07) is 5.97. The Balaban J connectivity index is 1.81. The highest BCUT2D eigenvalue weighted by Gasteiger charge is 2.29. The first kappa shape index (κ1) is 16.7. The Labute approximate surface area is 129 Å². The fraction of sp³-hybridized carbons (Fsp3) is 0.562. The molecule has 0 bridgehead atoms. The molecule has 22 heavy (non-hydrogen) atoms. The number of hydrogen-bond acceptors (Lipinski definition) is 4. The lowest BCUT2D eigenvalue weighted by molar-refractivity contribution is -0.124. The molecule has 1 aromatic rings. The van der Waals surface area contributed by atoms with E-state index in [4.69, 9.17) is 10.5 Å². The average Bonchev–Trinajstić information content (AvgIpc) is 2.48. The number of halogens is 1. The van der Waals surface area contributed by atoms with Crippen molar-refractivity contribution in [1.29, 1.82) is 0 Å². The molecule has 0 unspecified atom stereocenters. The molecule has 3 atom stereocenters. The molecule has 0 aromatic heterocycles. The van der Waals surface area contributed by atoms with E-state index in [1.54, 1.807) is 0 Å². The third-order valence-corrected chi connectivity index (χ3v) is 4.11. The van der Waals surface area contributed by atoms with E-state index >= 15 is 0 Å². The summed E-state index contributed by atoms with van der Waals surface area (Å²) in [6.45, 7) is 3.19. The van der Waals surface area contributed by atoms with E-state index < -0.39 is 6.10 Å². The van der Waals surface area contributed by atoms with Crippen molar-refractivity contribution in [3.63, 3.8) is 0 Å². The number of benzene rings is 1. The third kappa shape index (κ3) is 4.68. The highest BCUT2D eigenvalue weighted by molar-refractivity contribution is 5.76. The van der Waals surface area contributed by atoms with Crippen molar-refractivity contribution >= 4 is 5.91 Å². The zero-order valence-electron chi connectivity index (χ0n) is 12.7. The molecule has 0 aliphatic carbocycles. The molecule has 1 saturated heterocycles. The van der Waals surface area contributed by atoms with Gasteiger partial charge >= 0.3 is 0 Å². The van der Waals surface area contributed by atoms with E-state index in [1.165, 1.54) is 24.3 Å². The quantitative estimate of drug-likeness (QED) is 0.826. The van der Waals surface area contributed by atoms with Gasteiger partial charge in [0.25, 0.3) is 0 Å². The first-order chi connectivity index (χ1) is 10.5. The number of carbonyl (C=O) groups excluding carboxylic acids is 1. The van der Waals surface area contributed by atoms with Crippen LogP contribution < -0.4 is 10.5 Å². The van der Waals surface area contributed by atoms with Crippen LogP contribution in [0, 0.1) is 11.7 Å². The summed E-state index contributed by atoms with van der Waals surface area (Å²) in [5.41, 5.74) is 5.37. The van der Waals surface area contributed by atoms with Crippen LogP contribution in [0.15, 0.2) is 24.3 Å². The molecule has 5 nitrogen and oxygen atoms in total. The molecule has 122 valence electrons. The van der Waals surface area contributed by atoms with Crippen LogP contribution in [0.5, 0.6) is 5.75 Å². The molecule has 1 aromatic carbocycles. The van der Waals surface area contributed by atoms with Crippen LogP contribution in [-0.2, 0) is 4.79 Å². The number of β-amino-alcohol motifs (C(OH)–C–C–N with tert-alkyl or cyclic N) is 1. The lowest BCUT2D eigenvalue weighted by Crippen LogP contribution is -2.49. The number of aliphatic hydroxyl groups excluding tert-OH is 1. The van der Waals surface area contributed by atoms with Crippen LogP contribution in [-0.4, -0.2) is 47.8 Å². The topological polar surface area (TPSA) is 75.8 Å². The molecule has 1 fully saturated rings. The third-order valence-electron chi connectivity index (χ3n) is 4.11. The van der Waals surface area contributed by atoms with Crippen molar-refractivity contribution in [1.82, 2.24) is 4.90 Å². The van der Waals surface area contributed by atoms with Gasteiger partial charge in [-0.25, -0.2) is 4.39 Å². The number of piperidine rings is 1. The number of amides is 1. The second-order valence-electron chi connectivity index (χ2n) is 5.90. The van der Waals surface area contributed by atoms with Gasteiger partial charge in [-0.3, -0.25) is 9.69 Å². The summed E-state index contributed by atoms with van der Waals surface area (Å²) >= 11 is 0. The van der Waals surface area contributed by atoms with E-state index in [-0.39, 0.29) is 24.2 Å². The van der Waals surface area contributed by atoms with Crippen molar-refractivity contribution < 1.29 is 19.0 Å². The van der Waals surface area contributed by atoms with Gasteiger partial charge < -0.3 is 15.6 Å². The van der Waals surface area contributed by atoms with Gasteiger partial charge in [0.05, 0.1) is 5.92 Å². The van der Waals surface area contributed by atoms with E-state index in [0.717, 1.165) is 12.8 Å². The first-order valence-electron chi connectivity index (χ1n) is 7.55. The zero-order valence-corrected chi connectivity index (χ0v) is 12.7. The normalized spacial score (nSPS) is 24.0. The van der Waals surface area contributed by atoms with Gasteiger partial charge in [0.2, 0.25) is 5.91 Å². The minimum absolute atomic E-state index is 0.121. The number of nitrogens with two attached hydrogens (primary N) is 1. The summed E-state index contributed by atoms with van der Waals surface area (Å²) in [6.07, 6.45) is 1.01. The molecule has 3 N–H and O–H groups in total. The highest BCUT2D eigenvalue weighted by Crippen LogP contribution is 2.22. The summed E-state index contributed by atoms with van der Waals surface area (Å²) in [4.78, 5) is 13.4. The Morgan fingerprint density at radius 1 is 1.45 bits per heavy atom. The van der Waals surface area contributed by atoms with Crippen LogP contribution in [0.2, 0.25) is 0 Å². The largest absolute Gasteiger partial charge is 0.491 e. The van der Waals surface area contributed by atoms with Crippen LogP contribution in [0.1, 0.15) is 19.8 Å². The first-order valence-corrected chi connectivity index (χ1v) is 7.55. The molecule has 0 saturated carbocycles. The van der Waals surface area contributed by atoms with Crippen molar-refractivity contribution in [3.05, 3.63) is 30.1 Å². The van der Waals surface area contributed by atoms with Gasteiger partial charge in [0.15, 0.2) is 0 Å². The predicted octanol–water partition coefficient (Wildman–Crippen LogP) is 1.15. The summed E-state index contributed by atoms with van der Waals surface area (Å²) < 4.78 is 18.2. The van der Waals surface area contributed by atoms with Gasteiger partial charge in [0.1, 0.15) is 24.3 Å². The SMILES string of the molecule is C[C@@H]1CC[C@H](C(N)=O)CN1C[C@H](O)COc1ccc(F)cc1. The van der Waals surface area contributed by atoms with Crippen LogP contribution in [0.3, 0.4) is 0 Å². The number of carbonyl (C=O) groups is 1. The summed E-state index contributed by atoms with van der Waals surface area (Å²) in [7, 11) is 0. The molecule has 1 aliphatic heterocycles. The Bertz CT molecular complexity index is 495. The maximum absolute atomic E-state index is 12.8. The number of hydrogen-bond donors (Lipinski definition) is 2. The Morgan fingerprint density at radius 2 is 2.14 bits per heavy atom. The van der Waals surface area contributed by atoms with Gasteiger partial charge in [-0.05, 0) is 44.0 Å². The Kier molecular flexibility index (Phi) is 5.74. The molecule has 2 rings (SSSR count). The standard InChI is InChI=1S/C16H23FN2O3/c1-11-2-3-12(16(18)21)8-19(11)9-14(20)10-22-15-6-4-13(17)5-7-15/h4-7,11-12,14,20H,2-3,8-10H2,1H3,(H2,18,21)/t11-,12+,14+/m1/s1. The minimum atomic E-state index is -0.681. The number of aliphatic hydroxyl groups is 1. The van der Waals surface area contributed by atoms with Crippen LogP contribution >= 0.6 is 0 Å². The number of ether oxygens (including phenoxy) is 1. The maximum atomic E-state index is 12.8. The molecule has 1 amide bonds. The number of primary amides is 1. The van der Waals surface area contributed by atoms with E-state index in [2.05, 4.69) is 11.8 Å². The van der Waals surface area contributed by atoms with Gasteiger partial charge in [-0.15, -0.1) is 0 Å². The average molecular weight is 310 g/mol. The molecule has 0 spiro atoms. The highest BCUT2D eigenvalue weighted by atomic mass is 19.1. The molecule has 0 radical (unpaired) electrons. The summed E-state index contributed by atoms with van der Waals surface area (Å²) in [5, 5.41) is 10.1. The van der Waals surface area contributed by atoms with E-state index in [1.807, 2.05) is 0 Å². The van der Waals surface area contributed by atoms with Gasteiger partial charge in [-0.2, -0.15) is 0 Å². The monoisotopic (exact) mass is 310 g/mol. The van der Waals surface area contributed by atoms with E-state index in [9.17, 15) is 14.3 Å². The predicted molar refractivity (Wildman–Crippen MR) is 80.9 cm³/mol. The number of likely N-dealkylation sites (tertiary alicyclic amines) is 1. The maximum Gasteiger partial charge on any atom is 0.221 e. The second kappa shape index (κ2) is 7.56. The van der Waals surface area contributed by atoms with E-state index in [0.29, 0.717) is 24.9 Å². The smallest absolute Gasteiger partial charge is 0.221 e. The van der Waals surface area contributed by atoms with Crippen molar-refractivity contribution in [2.24, 2.45) is 11.7 Å². The van der Waals surface area contributed by atoms with Crippen molar-refractivity contribution in [2.45, 2.75) is 31.9 Å². The molecule has 1 aliphatic rings. The Hall–Kier alpha value is -1.66. The van der Waals surface area contributed by atoms with Crippen molar-refractivity contribution in [2.75, 3.05) is 19.7 Å². The zero-order chi connectivity index (χ0) is 16.1. The fourth-order valence-corrected chi connectivity index (χ4v) is 2.71. The van der Waals surface area contributed by atoms with Gasteiger partial charge in [-0.1, -0.05) is 0 Å². The Morgan fingerprint density at radius 3 is 2.77 bits per heavy atom. The molecule has 1 heterocycles. The lowest BCUT2D eigenvalue weighted by Gasteiger charge is -2.37.